The van der Waals surface area contributed by atoms with E-state index in [9.17, 15) is 5.11 Å². The molecule has 2 heterocycles. The molecule has 0 atom stereocenters. The first-order chi connectivity index (χ1) is 5.27. The van der Waals surface area contributed by atoms with Crippen molar-refractivity contribution in [2.75, 3.05) is 0 Å². The van der Waals surface area contributed by atoms with Crippen LogP contribution in [0.15, 0.2) is 24.7 Å². The fourth-order valence-corrected chi connectivity index (χ4v) is 1.05. The highest BCUT2D eigenvalue weighted by Crippen LogP contribution is 2.16. The number of aryl methyl sites for hydroxylation is 1. The molecule has 0 saturated heterocycles. The van der Waals surface area contributed by atoms with Gasteiger partial charge in [-0.25, -0.2) is 4.98 Å². The smallest absolute Gasteiger partial charge is 0.137 e. The first-order valence-corrected chi connectivity index (χ1v) is 3.39. The molecule has 0 aliphatic carbocycles. The molecular weight excluding hydrogens is 140 g/mol. The molecule has 3 heteroatoms. The lowest BCUT2D eigenvalue weighted by Gasteiger charge is -1.98. The second-order valence-electron chi connectivity index (χ2n) is 2.53. The van der Waals surface area contributed by atoms with Gasteiger partial charge in [-0.2, -0.15) is 0 Å². The number of hydrogen-bond acceptors (Lipinski definition) is 2. The fourth-order valence-electron chi connectivity index (χ4n) is 1.05. The normalized spacial score (nSPS) is 10.6. The van der Waals surface area contributed by atoms with E-state index in [1.807, 2.05) is 13.0 Å². The topological polar surface area (TPSA) is 37.5 Å². The van der Waals surface area contributed by atoms with E-state index in [-0.39, 0.29) is 0 Å². The SMILES string of the molecule is Cc1cc2nccn2cc1O. The Morgan fingerprint density at radius 3 is 3.18 bits per heavy atom. The lowest BCUT2D eigenvalue weighted by Crippen LogP contribution is -1.84. The van der Waals surface area contributed by atoms with Crippen molar-refractivity contribution in [2.24, 2.45) is 0 Å². The Morgan fingerprint density at radius 1 is 1.55 bits per heavy atom. The van der Waals surface area contributed by atoms with Gasteiger partial charge in [0.1, 0.15) is 11.4 Å². The van der Waals surface area contributed by atoms with Crippen molar-refractivity contribution in [3.05, 3.63) is 30.2 Å². The van der Waals surface area contributed by atoms with Gasteiger partial charge in [0.25, 0.3) is 0 Å². The van der Waals surface area contributed by atoms with Gasteiger partial charge in [0.2, 0.25) is 0 Å². The van der Waals surface area contributed by atoms with E-state index in [0.29, 0.717) is 5.75 Å². The number of pyridine rings is 1. The van der Waals surface area contributed by atoms with Gasteiger partial charge in [0.05, 0.1) is 6.20 Å². The van der Waals surface area contributed by atoms with Gasteiger partial charge in [-0.3, -0.25) is 0 Å². The summed E-state index contributed by atoms with van der Waals surface area (Å²) in [5, 5.41) is 9.29. The maximum Gasteiger partial charge on any atom is 0.137 e. The summed E-state index contributed by atoms with van der Waals surface area (Å²) in [6.45, 7) is 1.85. The van der Waals surface area contributed by atoms with Crippen molar-refractivity contribution in [2.45, 2.75) is 6.92 Å². The fraction of sp³-hybridized carbons (Fsp3) is 0.125. The maximum absolute atomic E-state index is 9.29. The average molecular weight is 148 g/mol. The summed E-state index contributed by atoms with van der Waals surface area (Å²) in [4.78, 5) is 4.07. The van der Waals surface area contributed by atoms with Crippen LogP contribution in [-0.2, 0) is 0 Å². The lowest BCUT2D eigenvalue weighted by atomic mass is 10.3. The largest absolute Gasteiger partial charge is 0.506 e. The summed E-state index contributed by atoms with van der Waals surface area (Å²) >= 11 is 0. The highest BCUT2D eigenvalue weighted by molar-refractivity contribution is 5.46. The second kappa shape index (κ2) is 1.99. The van der Waals surface area contributed by atoms with Gasteiger partial charge in [0.15, 0.2) is 0 Å². The molecule has 0 aromatic carbocycles. The molecule has 0 fully saturated rings. The summed E-state index contributed by atoms with van der Waals surface area (Å²) in [7, 11) is 0. The molecule has 2 aromatic heterocycles. The predicted octanol–water partition coefficient (Wildman–Crippen LogP) is 1.35. The third kappa shape index (κ3) is 0.852. The Balaban J connectivity index is 2.86. The van der Waals surface area contributed by atoms with Crippen LogP contribution in [0.3, 0.4) is 0 Å². The summed E-state index contributed by atoms with van der Waals surface area (Å²) in [5.41, 5.74) is 1.71. The van der Waals surface area contributed by atoms with Gasteiger partial charge in [-0.15, -0.1) is 0 Å². The molecule has 1 N–H and O–H groups in total. The Kier molecular flexibility index (Phi) is 1.12. The highest BCUT2D eigenvalue weighted by Gasteiger charge is 1.98. The van der Waals surface area contributed by atoms with Crippen molar-refractivity contribution in [1.29, 1.82) is 0 Å². The highest BCUT2D eigenvalue weighted by atomic mass is 16.3. The Hall–Kier alpha value is -1.51. The van der Waals surface area contributed by atoms with Crippen LogP contribution in [-0.4, -0.2) is 14.5 Å². The first kappa shape index (κ1) is 6.22. The molecule has 0 aliphatic rings. The minimum atomic E-state index is 0.301. The third-order valence-electron chi connectivity index (χ3n) is 1.71. The number of hydrogen-bond donors (Lipinski definition) is 1. The number of nitrogens with zero attached hydrogens (tertiary/aromatic N) is 2. The number of rotatable bonds is 0. The van der Waals surface area contributed by atoms with Gasteiger partial charge >= 0.3 is 0 Å². The van der Waals surface area contributed by atoms with E-state index in [4.69, 9.17) is 0 Å². The third-order valence-corrected chi connectivity index (χ3v) is 1.71. The molecule has 2 aromatic rings. The Morgan fingerprint density at radius 2 is 2.36 bits per heavy atom. The van der Waals surface area contributed by atoms with E-state index >= 15 is 0 Å². The van der Waals surface area contributed by atoms with E-state index in [1.165, 1.54) is 0 Å². The van der Waals surface area contributed by atoms with Crippen molar-refractivity contribution < 1.29 is 5.11 Å². The monoisotopic (exact) mass is 148 g/mol. The molecule has 3 nitrogen and oxygen atoms in total. The van der Waals surface area contributed by atoms with E-state index in [2.05, 4.69) is 4.98 Å². The van der Waals surface area contributed by atoms with Crippen molar-refractivity contribution in [1.82, 2.24) is 9.38 Å². The number of imidazole rings is 1. The van der Waals surface area contributed by atoms with Gasteiger partial charge in [-0.1, -0.05) is 0 Å². The van der Waals surface area contributed by atoms with Crippen LogP contribution >= 0.6 is 0 Å². The maximum atomic E-state index is 9.29. The zero-order valence-electron chi connectivity index (χ0n) is 6.15. The summed E-state index contributed by atoms with van der Waals surface area (Å²) in [6.07, 6.45) is 5.15. The minimum absolute atomic E-state index is 0.301. The molecule has 0 unspecified atom stereocenters. The van der Waals surface area contributed by atoms with Gasteiger partial charge in [0, 0.05) is 12.4 Å². The summed E-state index contributed by atoms with van der Waals surface area (Å²) in [5.74, 6) is 0.301. The van der Waals surface area contributed by atoms with Crippen LogP contribution in [0.5, 0.6) is 5.75 Å². The van der Waals surface area contributed by atoms with Crippen LogP contribution in [0.2, 0.25) is 0 Å². The van der Waals surface area contributed by atoms with Gasteiger partial charge < -0.3 is 9.51 Å². The number of fused-ring (bicyclic) bond motifs is 1. The van der Waals surface area contributed by atoms with Crippen molar-refractivity contribution in [3.8, 4) is 5.75 Å². The molecular formula is C8H8N2O. The molecule has 0 aliphatic heterocycles. The molecule has 0 spiro atoms. The number of aromatic nitrogens is 2. The molecule has 0 saturated carbocycles. The predicted molar refractivity (Wildman–Crippen MR) is 41.6 cm³/mol. The molecule has 0 bridgehead atoms. The van der Waals surface area contributed by atoms with Crippen molar-refractivity contribution in [3.63, 3.8) is 0 Å². The van der Waals surface area contributed by atoms with Crippen molar-refractivity contribution >= 4 is 5.65 Å². The van der Waals surface area contributed by atoms with Gasteiger partial charge in [-0.05, 0) is 18.6 Å². The Labute approximate surface area is 63.9 Å². The van der Waals surface area contributed by atoms with Crippen LogP contribution in [0.1, 0.15) is 5.56 Å². The van der Waals surface area contributed by atoms with Crippen LogP contribution < -0.4 is 0 Å². The minimum Gasteiger partial charge on any atom is -0.506 e. The van der Waals surface area contributed by atoms with E-state index in [0.717, 1.165) is 11.2 Å². The first-order valence-electron chi connectivity index (χ1n) is 3.39. The molecule has 11 heavy (non-hydrogen) atoms. The standard InChI is InChI=1S/C8H8N2O/c1-6-4-8-9-2-3-10(8)5-7(6)11/h2-5,11H,1H3. The Bertz CT molecular complexity index is 356. The lowest BCUT2D eigenvalue weighted by molar-refractivity contribution is 0.467. The summed E-state index contributed by atoms with van der Waals surface area (Å²) in [6, 6.07) is 1.84. The van der Waals surface area contributed by atoms with Crippen LogP contribution in [0.25, 0.3) is 5.65 Å². The molecule has 0 amide bonds. The zero-order valence-corrected chi connectivity index (χ0v) is 6.15. The quantitative estimate of drug-likeness (QED) is 0.612. The second-order valence-corrected chi connectivity index (χ2v) is 2.53. The van der Waals surface area contributed by atoms with Crippen LogP contribution in [0, 0.1) is 6.92 Å². The molecule has 2 rings (SSSR count). The summed E-state index contributed by atoms with van der Waals surface area (Å²) < 4.78 is 1.78. The number of aromatic hydroxyl groups is 1. The van der Waals surface area contributed by atoms with E-state index < -0.39 is 0 Å². The zero-order chi connectivity index (χ0) is 7.84. The van der Waals surface area contributed by atoms with E-state index in [1.54, 1.807) is 23.0 Å². The average Bonchev–Trinajstić information content (AvgIpc) is 2.36. The van der Waals surface area contributed by atoms with Crippen LogP contribution in [0.4, 0.5) is 0 Å². The molecule has 0 radical (unpaired) electrons. The molecule has 56 valence electrons.